The number of aromatic nitrogens is 2. The predicted octanol–water partition coefficient (Wildman–Crippen LogP) is 2.13. The van der Waals surface area contributed by atoms with Crippen LogP contribution in [-0.2, 0) is 0 Å². The molecule has 0 aliphatic rings. The van der Waals surface area contributed by atoms with Gasteiger partial charge in [-0.1, -0.05) is 0 Å². The summed E-state index contributed by atoms with van der Waals surface area (Å²) in [6, 6.07) is 6.64. The number of H-pyrrole nitrogens is 1. The van der Waals surface area contributed by atoms with Crippen LogP contribution < -0.4 is 10.6 Å². The molecule has 0 fully saturated rings. The van der Waals surface area contributed by atoms with Crippen molar-refractivity contribution in [2.75, 3.05) is 18.0 Å². The van der Waals surface area contributed by atoms with Gasteiger partial charge in [0.05, 0.1) is 0 Å². The Kier molecular flexibility index (Phi) is 3.64. The maximum Gasteiger partial charge on any atom is 0.139 e. The number of hydrogen-bond acceptors (Lipinski definition) is 3. The van der Waals surface area contributed by atoms with E-state index in [1.165, 1.54) is 0 Å². The minimum absolute atomic E-state index is 0.432. The van der Waals surface area contributed by atoms with Gasteiger partial charge in [-0.3, -0.25) is 0 Å². The Bertz CT molecular complexity index is 475. The number of fused-ring (bicyclic) bond motifs is 1. The van der Waals surface area contributed by atoms with E-state index in [4.69, 9.17) is 5.73 Å². The van der Waals surface area contributed by atoms with Crippen LogP contribution in [0, 0.1) is 0 Å². The number of aromatic amines is 1. The Morgan fingerprint density at radius 3 is 2.88 bits per heavy atom. The van der Waals surface area contributed by atoms with E-state index in [0.29, 0.717) is 12.6 Å². The van der Waals surface area contributed by atoms with Crippen LogP contribution in [0.4, 0.5) is 5.82 Å². The highest BCUT2D eigenvalue weighted by atomic mass is 15.2. The first-order chi connectivity index (χ1) is 8.22. The first-order valence-electron chi connectivity index (χ1n) is 6.13. The van der Waals surface area contributed by atoms with Gasteiger partial charge in [0, 0.05) is 24.2 Å². The second-order valence-electron chi connectivity index (χ2n) is 4.51. The standard InChI is InChI=1S/C13H20N4/c1-10(2)17(9-3-7-14)12-5-4-11-6-8-15-13(11)16-12/h4-6,8,10H,3,7,9,14H2,1-2H3,(H,15,16). The second-order valence-corrected chi connectivity index (χ2v) is 4.51. The Balaban J connectivity index is 2.27. The van der Waals surface area contributed by atoms with E-state index in [1.54, 1.807) is 0 Å². The highest BCUT2D eigenvalue weighted by Gasteiger charge is 2.11. The quantitative estimate of drug-likeness (QED) is 0.830. The summed E-state index contributed by atoms with van der Waals surface area (Å²) >= 11 is 0. The lowest BCUT2D eigenvalue weighted by atomic mass is 10.2. The van der Waals surface area contributed by atoms with Gasteiger partial charge in [0.1, 0.15) is 11.5 Å². The molecule has 0 amide bonds. The third kappa shape index (κ3) is 2.58. The van der Waals surface area contributed by atoms with E-state index in [-0.39, 0.29) is 0 Å². The summed E-state index contributed by atoms with van der Waals surface area (Å²) in [6.07, 6.45) is 2.91. The van der Waals surface area contributed by atoms with Crippen molar-refractivity contribution >= 4 is 16.9 Å². The van der Waals surface area contributed by atoms with Gasteiger partial charge in [0.15, 0.2) is 0 Å². The minimum atomic E-state index is 0.432. The van der Waals surface area contributed by atoms with Crippen LogP contribution in [-0.4, -0.2) is 29.1 Å². The van der Waals surface area contributed by atoms with Crippen LogP contribution in [0.2, 0.25) is 0 Å². The molecule has 0 spiro atoms. The smallest absolute Gasteiger partial charge is 0.139 e. The summed E-state index contributed by atoms with van der Waals surface area (Å²) in [5.41, 5.74) is 6.52. The number of rotatable bonds is 5. The van der Waals surface area contributed by atoms with E-state index in [1.807, 2.05) is 12.3 Å². The van der Waals surface area contributed by atoms with E-state index in [9.17, 15) is 0 Å². The number of nitrogens with zero attached hydrogens (tertiary/aromatic N) is 2. The minimum Gasteiger partial charge on any atom is -0.354 e. The third-order valence-corrected chi connectivity index (χ3v) is 2.92. The molecule has 0 aromatic carbocycles. The number of nitrogens with one attached hydrogen (secondary N) is 1. The average Bonchev–Trinajstić information content (AvgIpc) is 2.76. The Morgan fingerprint density at radius 1 is 1.35 bits per heavy atom. The van der Waals surface area contributed by atoms with Crippen LogP contribution in [0.15, 0.2) is 24.4 Å². The van der Waals surface area contributed by atoms with E-state index >= 15 is 0 Å². The lowest BCUT2D eigenvalue weighted by Gasteiger charge is -2.27. The molecule has 0 aliphatic heterocycles. The maximum atomic E-state index is 5.58. The van der Waals surface area contributed by atoms with Gasteiger partial charge in [-0.25, -0.2) is 4.98 Å². The number of hydrogen-bond donors (Lipinski definition) is 2. The van der Waals surface area contributed by atoms with Gasteiger partial charge in [0.2, 0.25) is 0 Å². The topological polar surface area (TPSA) is 57.9 Å². The zero-order valence-electron chi connectivity index (χ0n) is 10.5. The van der Waals surface area contributed by atoms with Gasteiger partial charge in [0.25, 0.3) is 0 Å². The fourth-order valence-electron chi connectivity index (χ4n) is 1.98. The van der Waals surface area contributed by atoms with E-state index in [2.05, 4.69) is 40.8 Å². The molecule has 92 valence electrons. The molecule has 0 radical (unpaired) electrons. The molecule has 0 aliphatic carbocycles. The molecule has 4 heteroatoms. The van der Waals surface area contributed by atoms with Crippen LogP contribution in [0.5, 0.6) is 0 Å². The van der Waals surface area contributed by atoms with Crippen molar-refractivity contribution in [1.29, 1.82) is 0 Å². The van der Waals surface area contributed by atoms with Crippen molar-refractivity contribution in [1.82, 2.24) is 9.97 Å². The molecule has 2 rings (SSSR count). The van der Waals surface area contributed by atoms with Crippen LogP contribution in [0.25, 0.3) is 11.0 Å². The Labute approximate surface area is 102 Å². The number of nitrogens with two attached hydrogens (primary N) is 1. The molecule has 0 saturated heterocycles. The van der Waals surface area contributed by atoms with Crippen LogP contribution >= 0.6 is 0 Å². The fourth-order valence-corrected chi connectivity index (χ4v) is 1.98. The van der Waals surface area contributed by atoms with Crippen LogP contribution in [0.1, 0.15) is 20.3 Å². The van der Waals surface area contributed by atoms with Gasteiger partial charge >= 0.3 is 0 Å². The molecule has 0 bridgehead atoms. The van der Waals surface area contributed by atoms with Crippen molar-refractivity contribution in [2.24, 2.45) is 5.73 Å². The fraction of sp³-hybridized carbons (Fsp3) is 0.462. The third-order valence-electron chi connectivity index (χ3n) is 2.92. The molecule has 17 heavy (non-hydrogen) atoms. The van der Waals surface area contributed by atoms with Crippen molar-refractivity contribution in [3.63, 3.8) is 0 Å². The first-order valence-corrected chi connectivity index (χ1v) is 6.13. The zero-order chi connectivity index (χ0) is 12.3. The van der Waals surface area contributed by atoms with Crippen molar-refractivity contribution in [3.8, 4) is 0 Å². The lowest BCUT2D eigenvalue weighted by molar-refractivity contribution is 0.650. The molecule has 3 N–H and O–H groups in total. The first kappa shape index (κ1) is 11.9. The highest BCUT2D eigenvalue weighted by Crippen LogP contribution is 2.18. The normalized spacial score (nSPS) is 11.3. The molecule has 0 atom stereocenters. The number of anilines is 1. The second kappa shape index (κ2) is 5.19. The highest BCUT2D eigenvalue weighted by molar-refractivity contribution is 5.77. The van der Waals surface area contributed by atoms with Gasteiger partial charge < -0.3 is 15.6 Å². The molecule has 2 aromatic heterocycles. The molecule has 2 heterocycles. The summed E-state index contributed by atoms with van der Waals surface area (Å²) in [7, 11) is 0. The van der Waals surface area contributed by atoms with Gasteiger partial charge in [-0.05, 0) is 45.0 Å². The lowest BCUT2D eigenvalue weighted by Crippen LogP contribution is -2.33. The molecule has 0 saturated carbocycles. The monoisotopic (exact) mass is 232 g/mol. The summed E-state index contributed by atoms with van der Waals surface area (Å²) in [4.78, 5) is 10.1. The zero-order valence-corrected chi connectivity index (χ0v) is 10.5. The summed E-state index contributed by atoms with van der Waals surface area (Å²) in [5.74, 6) is 1.02. The van der Waals surface area contributed by atoms with Gasteiger partial charge in [-0.15, -0.1) is 0 Å². The Morgan fingerprint density at radius 2 is 2.18 bits per heavy atom. The van der Waals surface area contributed by atoms with E-state index in [0.717, 1.165) is 29.8 Å². The molecular formula is C13H20N4. The molecular weight excluding hydrogens is 212 g/mol. The number of pyridine rings is 1. The molecule has 0 unspecified atom stereocenters. The van der Waals surface area contributed by atoms with E-state index < -0.39 is 0 Å². The summed E-state index contributed by atoms with van der Waals surface area (Å²) in [6.45, 7) is 6.02. The Hall–Kier alpha value is -1.55. The molecule has 2 aromatic rings. The summed E-state index contributed by atoms with van der Waals surface area (Å²) < 4.78 is 0. The van der Waals surface area contributed by atoms with Gasteiger partial charge in [-0.2, -0.15) is 0 Å². The molecule has 4 nitrogen and oxygen atoms in total. The van der Waals surface area contributed by atoms with Crippen molar-refractivity contribution in [2.45, 2.75) is 26.3 Å². The van der Waals surface area contributed by atoms with Crippen molar-refractivity contribution in [3.05, 3.63) is 24.4 Å². The largest absolute Gasteiger partial charge is 0.354 e. The summed E-state index contributed by atoms with van der Waals surface area (Å²) in [5, 5.41) is 1.15. The SMILES string of the molecule is CC(C)N(CCCN)c1ccc2cc[nH]c2n1. The average molecular weight is 232 g/mol. The van der Waals surface area contributed by atoms with Crippen LogP contribution in [0.3, 0.4) is 0 Å². The predicted molar refractivity (Wildman–Crippen MR) is 72.2 cm³/mol. The van der Waals surface area contributed by atoms with Crippen molar-refractivity contribution < 1.29 is 0 Å². The maximum absolute atomic E-state index is 5.58.